The third-order valence-electron chi connectivity index (χ3n) is 3.40. The first-order chi connectivity index (χ1) is 11.8. The quantitative estimate of drug-likeness (QED) is 0.672. The summed E-state index contributed by atoms with van der Waals surface area (Å²) in [7, 11) is 1.58. The smallest absolute Gasteiger partial charge is 0.250 e. The maximum Gasteiger partial charge on any atom is 0.250 e. The predicted octanol–water partition coefficient (Wildman–Crippen LogP) is 2.02. The maximum absolute atomic E-state index is 11.7. The normalized spacial score (nSPS) is 10.9. The zero-order valence-corrected chi connectivity index (χ0v) is 13.3. The Morgan fingerprint density at radius 2 is 2.04 bits per heavy atom. The van der Waals surface area contributed by atoms with E-state index in [0.29, 0.717) is 18.9 Å². The first kappa shape index (κ1) is 16.1. The van der Waals surface area contributed by atoms with Crippen LogP contribution in [-0.4, -0.2) is 47.4 Å². The average Bonchev–Trinajstić information content (AvgIpc) is 3.04. The lowest BCUT2D eigenvalue weighted by Gasteiger charge is -2.07. The minimum atomic E-state index is -0.228. The highest BCUT2D eigenvalue weighted by molar-refractivity contribution is 5.91. The van der Waals surface area contributed by atoms with Gasteiger partial charge in [0.1, 0.15) is 18.8 Å². The minimum absolute atomic E-state index is 0.0166. The van der Waals surface area contributed by atoms with E-state index in [1.165, 1.54) is 0 Å². The molecule has 3 rings (SSSR count). The molecule has 7 nitrogen and oxygen atoms in total. The largest absolute Gasteiger partial charge is 0.382 e. The molecule has 0 saturated heterocycles. The van der Waals surface area contributed by atoms with Crippen molar-refractivity contribution in [2.24, 2.45) is 0 Å². The summed E-state index contributed by atoms with van der Waals surface area (Å²) in [4.78, 5) is 20.5. The van der Waals surface area contributed by atoms with Gasteiger partial charge >= 0.3 is 0 Å². The molecular formula is C17H18N4O3. The number of carbonyl (C=O) groups is 1. The zero-order valence-electron chi connectivity index (χ0n) is 13.3. The van der Waals surface area contributed by atoms with Gasteiger partial charge in [-0.3, -0.25) is 9.36 Å². The molecule has 1 N–H and O–H groups in total. The molecule has 0 aliphatic heterocycles. The number of methoxy groups -OCH3 is 1. The Morgan fingerprint density at radius 3 is 2.83 bits per heavy atom. The van der Waals surface area contributed by atoms with E-state index in [-0.39, 0.29) is 12.5 Å². The number of rotatable bonds is 7. The molecule has 0 aliphatic carbocycles. The van der Waals surface area contributed by atoms with Gasteiger partial charge in [0.15, 0.2) is 0 Å². The van der Waals surface area contributed by atoms with Crippen LogP contribution in [0.3, 0.4) is 0 Å². The number of hydrogen-bond donors (Lipinski definition) is 1. The molecule has 0 unspecified atom stereocenters. The Bertz CT molecular complexity index is 814. The second kappa shape index (κ2) is 7.67. The first-order valence-corrected chi connectivity index (χ1v) is 7.53. The van der Waals surface area contributed by atoms with Crippen LogP contribution in [0, 0.1) is 0 Å². The minimum Gasteiger partial charge on any atom is -0.382 e. The third-order valence-corrected chi connectivity index (χ3v) is 3.40. The van der Waals surface area contributed by atoms with E-state index in [0.717, 1.165) is 16.9 Å². The van der Waals surface area contributed by atoms with Gasteiger partial charge in [-0.2, -0.15) is 0 Å². The van der Waals surface area contributed by atoms with Gasteiger partial charge in [0.05, 0.1) is 36.1 Å². The predicted molar refractivity (Wildman–Crippen MR) is 90.2 cm³/mol. The van der Waals surface area contributed by atoms with Crippen molar-refractivity contribution in [2.75, 3.05) is 32.2 Å². The highest BCUT2D eigenvalue weighted by Gasteiger charge is 2.06. The van der Waals surface area contributed by atoms with Crippen LogP contribution in [0.25, 0.3) is 16.9 Å². The van der Waals surface area contributed by atoms with Crippen LogP contribution in [0.2, 0.25) is 0 Å². The molecule has 0 fully saturated rings. The number of hydrogen-bond acceptors (Lipinski definition) is 5. The van der Waals surface area contributed by atoms with Crippen LogP contribution in [0.15, 0.2) is 48.9 Å². The number of amides is 1. The first-order valence-electron chi connectivity index (χ1n) is 7.53. The van der Waals surface area contributed by atoms with Crippen LogP contribution in [-0.2, 0) is 14.3 Å². The fourth-order valence-electron chi connectivity index (χ4n) is 2.25. The number of fused-ring (bicyclic) bond motifs is 1. The van der Waals surface area contributed by atoms with Gasteiger partial charge in [-0.15, -0.1) is 0 Å². The van der Waals surface area contributed by atoms with Gasteiger partial charge in [0.2, 0.25) is 5.91 Å². The molecule has 1 aromatic carbocycles. The lowest BCUT2D eigenvalue weighted by molar-refractivity contribution is -0.121. The summed E-state index contributed by atoms with van der Waals surface area (Å²) >= 11 is 0. The van der Waals surface area contributed by atoms with E-state index in [9.17, 15) is 4.79 Å². The second-order valence-electron chi connectivity index (χ2n) is 5.10. The zero-order chi connectivity index (χ0) is 16.8. The van der Waals surface area contributed by atoms with Crippen molar-refractivity contribution in [3.05, 3.63) is 48.9 Å². The standard InChI is InChI=1S/C17H18N4O3/c1-23-8-9-24-11-17(22)20-13-6-7-16(18-10-13)21-12-19-14-4-2-3-5-15(14)21/h2-7,10,12H,8-9,11H2,1H3,(H,20,22). The molecule has 124 valence electrons. The summed E-state index contributed by atoms with van der Waals surface area (Å²) < 4.78 is 11.9. The molecule has 0 radical (unpaired) electrons. The molecule has 7 heteroatoms. The van der Waals surface area contributed by atoms with Crippen molar-refractivity contribution in [3.63, 3.8) is 0 Å². The third kappa shape index (κ3) is 3.76. The van der Waals surface area contributed by atoms with E-state index in [2.05, 4.69) is 15.3 Å². The van der Waals surface area contributed by atoms with Crippen LogP contribution < -0.4 is 5.32 Å². The number of benzene rings is 1. The monoisotopic (exact) mass is 326 g/mol. The van der Waals surface area contributed by atoms with Gasteiger partial charge in [-0.05, 0) is 24.3 Å². The van der Waals surface area contributed by atoms with Gasteiger partial charge in [-0.1, -0.05) is 12.1 Å². The second-order valence-corrected chi connectivity index (χ2v) is 5.10. The number of ether oxygens (including phenoxy) is 2. The summed E-state index contributed by atoms with van der Waals surface area (Å²) in [5.41, 5.74) is 2.50. The van der Waals surface area contributed by atoms with Crippen molar-refractivity contribution in [1.82, 2.24) is 14.5 Å². The van der Waals surface area contributed by atoms with E-state index >= 15 is 0 Å². The molecule has 2 aromatic heterocycles. The number of para-hydroxylation sites is 2. The van der Waals surface area contributed by atoms with Crippen LogP contribution in [0.1, 0.15) is 0 Å². The Hall–Kier alpha value is -2.77. The number of imidazole rings is 1. The number of nitrogens with one attached hydrogen (secondary N) is 1. The molecule has 2 heterocycles. The Balaban J connectivity index is 1.64. The van der Waals surface area contributed by atoms with Crippen molar-refractivity contribution in [1.29, 1.82) is 0 Å². The molecule has 0 spiro atoms. The van der Waals surface area contributed by atoms with Crippen LogP contribution in [0.4, 0.5) is 5.69 Å². The van der Waals surface area contributed by atoms with Crippen molar-refractivity contribution in [3.8, 4) is 5.82 Å². The van der Waals surface area contributed by atoms with Gasteiger partial charge in [0.25, 0.3) is 0 Å². The van der Waals surface area contributed by atoms with Crippen molar-refractivity contribution < 1.29 is 14.3 Å². The fourth-order valence-corrected chi connectivity index (χ4v) is 2.25. The van der Waals surface area contributed by atoms with E-state index in [4.69, 9.17) is 9.47 Å². The van der Waals surface area contributed by atoms with Crippen LogP contribution >= 0.6 is 0 Å². The van der Waals surface area contributed by atoms with Gasteiger partial charge < -0.3 is 14.8 Å². The van der Waals surface area contributed by atoms with Crippen LogP contribution in [0.5, 0.6) is 0 Å². The van der Waals surface area contributed by atoms with E-state index in [1.807, 2.05) is 34.9 Å². The Labute approximate surface area is 139 Å². The van der Waals surface area contributed by atoms with E-state index in [1.54, 1.807) is 25.7 Å². The molecule has 3 aromatic rings. The summed E-state index contributed by atoms with van der Waals surface area (Å²) in [6, 6.07) is 11.5. The fraction of sp³-hybridized carbons (Fsp3) is 0.235. The lowest BCUT2D eigenvalue weighted by atomic mass is 10.3. The van der Waals surface area contributed by atoms with Crippen molar-refractivity contribution >= 4 is 22.6 Å². The summed E-state index contributed by atoms with van der Waals surface area (Å²) in [5, 5.41) is 2.74. The highest BCUT2D eigenvalue weighted by Crippen LogP contribution is 2.17. The Kier molecular flexibility index (Phi) is 5.15. The highest BCUT2D eigenvalue weighted by atomic mass is 16.5. The summed E-state index contributed by atoms with van der Waals surface area (Å²) in [5.74, 6) is 0.506. The number of anilines is 1. The number of carbonyl (C=O) groups excluding carboxylic acids is 1. The molecular weight excluding hydrogens is 308 g/mol. The summed E-state index contributed by atoms with van der Waals surface area (Å²) in [6.07, 6.45) is 3.34. The maximum atomic E-state index is 11.7. The topological polar surface area (TPSA) is 78.3 Å². The molecule has 0 aliphatic rings. The lowest BCUT2D eigenvalue weighted by Crippen LogP contribution is -2.19. The molecule has 0 bridgehead atoms. The molecule has 24 heavy (non-hydrogen) atoms. The van der Waals surface area contributed by atoms with E-state index < -0.39 is 0 Å². The van der Waals surface area contributed by atoms with Gasteiger partial charge in [-0.25, -0.2) is 9.97 Å². The van der Waals surface area contributed by atoms with Gasteiger partial charge in [0, 0.05) is 7.11 Å². The van der Waals surface area contributed by atoms with Crippen molar-refractivity contribution in [2.45, 2.75) is 0 Å². The molecule has 1 amide bonds. The summed E-state index contributed by atoms with van der Waals surface area (Å²) in [6.45, 7) is 0.828. The number of aromatic nitrogens is 3. The SMILES string of the molecule is COCCOCC(=O)Nc1ccc(-n2cnc3ccccc32)nc1. The molecule has 0 saturated carbocycles. The Morgan fingerprint density at radius 1 is 1.17 bits per heavy atom. The average molecular weight is 326 g/mol. The number of pyridine rings is 1. The number of nitrogens with zero attached hydrogens (tertiary/aromatic N) is 3. The molecule has 0 atom stereocenters.